The Kier molecular flexibility index (Phi) is 5.39. The van der Waals surface area contributed by atoms with Crippen LogP contribution in [0, 0.1) is 4.91 Å². The van der Waals surface area contributed by atoms with E-state index in [1.165, 1.54) is 18.3 Å². The number of phenols is 1. The number of amides is 1. The Morgan fingerprint density at radius 1 is 1.10 bits per heavy atom. The van der Waals surface area contributed by atoms with Crippen molar-refractivity contribution >= 4 is 28.6 Å². The van der Waals surface area contributed by atoms with E-state index in [0.717, 1.165) is 16.3 Å². The number of phenolic OH excluding ortho intramolecular Hbond substituents is 1. The van der Waals surface area contributed by atoms with Crippen LogP contribution in [-0.4, -0.2) is 37.1 Å². The highest BCUT2D eigenvalue weighted by Gasteiger charge is 2.12. The van der Waals surface area contributed by atoms with Gasteiger partial charge in [0.25, 0.3) is 10.8 Å². The third-order valence-corrected chi connectivity index (χ3v) is 4.68. The Morgan fingerprint density at radius 3 is 2.65 bits per heavy atom. The number of aromatic nitrogens is 2. The summed E-state index contributed by atoms with van der Waals surface area (Å²) in [5.74, 6) is -0.430. The summed E-state index contributed by atoms with van der Waals surface area (Å²) in [6.07, 6.45) is 3.05. The van der Waals surface area contributed by atoms with Gasteiger partial charge < -0.3 is 5.11 Å². The second kappa shape index (κ2) is 8.46. The quantitative estimate of drug-likeness (QED) is 0.329. The molecule has 0 aliphatic carbocycles. The number of carbonyl (C=O) groups is 1. The van der Waals surface area contributed by atoms with Gasteiger partial charge in [0, 0.05) is 23.9 Å². The van der Waals surface area contributed by atoms with E-state index in [1.807, 2.05) is 24.3 Å². The topological polar surface area (TPSA) is 120 Å². The van der Waals surface area contributed by atoms with Gasteiger partial charge in [-0.1, -0.05) is 42.5 Å². The number of hydrazone groups is 1. The molecular weight excluding hydrogens is 398 g/mol. The highest BCUT2D eigenvalue weighted by atomic mass is 16.6. The highest BCUT2D eigenvalue weighted by Crippen LogP contribution is 2.25. The molecule has 0 fully saturated rings. The van der Waals surface area contributed by atoms with Crippen molar-refractivity contribution < 1.29 is 20.0 Å². The molecule has 0 aliphatic heterocycles. The van der Waals surface area contributed by atoms with Crippen LogP contribution in [0.5, 0.6) is 5.75 Å². The van der Waals surface area contributed by atoms with E-state index >= 15 is 0 Å². The molecule has 0 radical (unpaired) electrons. The van der Waals surface area contributed by atoms with E-state index in [-0.39, 0.29) is 22.1 Å². The summed E-state index contributed by atoms with van der Waals surface area (Å²) in [6.45, 7) is 0.380. The lowest BCUT2D eigenvalue weighted by Crippen LogP contribution is -2.18. The van der Waals surface area contributed by atoms with E-state index in [0.29, 0.717) is 12.1 Å². The standard InChI is InChI=1S/C22H17N5O4/c28-21-10-7-16-3-1-2-4-18(16)19(21)13-23-24-22(29)20-11-12-26(25-20)14-15-5-8-17(9-6-15)27(30)31/h1-13H,14H2,(H2-,23,24,25,28,29,30,31)/p+1. The number of nitrogens with zero attached hydrogens (tertiary/aromatic N) is 4. The van der Waals surface area contributed by atoms with Crippen LogP contribution in [0.15, 0.2) is 78.0 Å². The fourth-order valence-electron chi connectivity index (χ4n) is 3.12. The van der Waals surface area contributed by atoms with Crippen LogP contribution in [0.3, 0.4) is 0 Å². The molecule has 0 unspecified atom stereocenters. The van der Waals surface area contributed by atoms with E-state index in [1.54, 1.807) is 41.2 Å². The van der Waals surface area contributed by atoms with Gasteiger partial charge in [-0.2, -0.15) is 10.2 Å². The van der Waals surface area contributed by atoms with E-state index < -0.39 is 5.91 Å². The molecule has 0 atom stereocenters. The zero-order valence-electron chi connectivity index (χ0n) is 16.2. The summed E-state index contributed by atoms with van der Waals surface area (Å²) in [5.41, 5.74) is 4.06. The molecule has 0 aliphatic rings. The van der Waals surface area contributed by atoms with E-state index in [4.69, 9.17) is 5.21 Å². The molecule has 1 aromatic heterocycles. The number of aromatic hydroxyl groups is 1. The fraction of sp³-hybridized carbons (Fsp3) is 0.0455. The summed E-state index contributed by atoms with van der Waals surface area (Å²) in [6, 6.07) is 18.8. The van der Waals surface area contributed by atoms with Crippen LogP contribution >= 0.6 is 0 Å². The molecular formula is C22H18N5O4+. The molecule has 1 heterocycles. The van der Waals surface area contributed by atoms with Crippen molar-refractivity contribution in [1.29, 1.82) is 0 Å². The van der Waals surface area contributed by atoms with Crippen LogP contribution in [0.1, 0.15) is 21.6 Å². The van der Waals surface area contributed by atoms with E-state index in [2.05, 4.69) is 15.6 Å². The summed E-state index contributed by atoms with van der Waals surface area (Å²) in [4.78, 5) is 23.0. The third kappa shape index (κ3) is 4.40. The molecule has 0 saturated heterocycles. The molecule has 0 bridgehead atoms. The van der Waals surface area contributed by atoms with Crippen LogP contribution in [-0.2, 0) is 6.54 Å². The first-order valence-corrected chi connectivity index (χ1v) is 9.34. The first kappa shape index (κ1) is 19.8. The second-order valence-electron chi connectivity index (χ2n) is 6.76. The maximum absolute atomic E-state index is 12.3. The Hall–Kier alpha value is -4.53. The van der Waals surface area contributed by atoms with Crippen LogP contribution in [0.4, 0.5) is 5.69 Å². The van der Waals surface area contributed by atoms with Gasteiger partial charge in [0.05, 0.1) is 17.7 Å². The number of carbonyl (C=O) groups excluding carboxylic acids is 1. The molecule has 1 amide bonds. The molecule has 9 nitrogen and oxygen atoms in total. The lowest BCUT2D eigenvalue weighted by atomic mass is 10.0. The molecule has 9 heteroatoms. The number of nitrogens with one attached hydrogen (secondary N) is 1. The number of hydrogen-bond donors (Lipinski definition) is 3. The van der Waals surface area contributed by atoms with Crippen LogP contribution < -0.4 is 5.43 Å². The second-order valence-corrected chi connectivity index (χ2v) is 6.76. The summed E-state index contributed by atoms with van der Waals surface area (Å²) in [7, 11) is 0. The average Bonchev–Trinajstić information content (AvgIpc) is 3.24. The lowest BCUT2D eigenvalue weighted by molar-refractivity contribution is -0.729. The summed E-state index contributed by atoms with van der Waals surface area (Å²) < 4.78 is 1.57. The first-order valence-electron chi connectivity index (χ1n) is 9.34. The molecule has 31 heavy (non-hydrogen) atoms. The lowest BCUT2D eigenvalue weighted by Gasteiger charge is -2.04. The molecule has 3 aromatic carbocycles. The van der Waals surface area contributed by atoms with Gasteiger partial charge in [-0.15, -0.1) is 0 Å². The van der Waals surface area contributed by atoms with Gasteiger partial charge in [-0.25, -0.2) is 10.6 Å². The maximum atomic E-state index is 12.3. The molecule has 154 valence electrons. The van der Waals surface area contributed by atoms with Crippen molar-refractivity contribution in [3.63, 3.8) is 0 Å². The Labute approximate surface area is 176 Å². The van der Waals surface area contributed by atoms with Gasteiger partial charge in [0.2, 0.25) is 0 Å². The molecule has 0 spiro atoms. The zero-order chi connectivity index (χ0) is 21.8. The minimum atomic E-state index is -0.493. The maximum Gasteiger partial charge on any atom is 0.316 e. The molecule has 0 saturated carbocycles. The molecule has 4 rings (SSSR count). The summed E-state index contributed by atoms with van der Waals surface area (Å²) in [5, 5.41) is 28.9. The highest BCUT2D eigenvalue weighted by molar-refractivity contribution is 6.03. The van der Waals surface area contributed by atoms with Crippen molar-refractivity contribution in [1.82, 2.24) is 15.2 Å². The normalized spacial score (nSPS) is 11.1. The number of rotatable bonds is 6. The average molecular weight is 416 g/mol. The van der Waals surface area contributed by atoms with Crippen molar-refractivity contribution in [3.8, 4) is 5.75 Å². The van der Waals surface area contributed by atoms with E-state index in [9.17, 15) is 14.8 Å². The Bertz CT molecular complexity index is 1300. The van der Waals surface area contributed by atoms with Crippen molar-refractivity contribution in [2.75, 3.05) is 0 Å². The summed E-state index contributed by atoms with van der Waals surface area (Å²) >= 11 is 0. The molecule has 4 aromatic rings. The van der Waals surface area contributed by atoms with Gasteiger partial charge in [-0.3, -0.25) is 9.48 Å². The van der Waals surface area contributed by atoms with Crippen molar-refractivity contribution in [3.05, 3.63) is 94.7 Å². The number of benzene rings is 3. The Morgan fingerprint density at radius 2 is 1.87 bits per heavy atom. The zero-order valence-corrected chi connectivity index (χ0v) is 16.2. The van der Waals surface area contributed by atoms with Crippen LogP contribution in [0.2, 0.25) is 0 Å². The smallest absolute Gasteiger partial charge is 0.316 e. The van der Waals surface area contributed by atoms with Gasteiger partial charge in [0.1, 0.15) is 5.75 Å². The fourth-order valence-corrected chi connectivity index (χ4v) is 3.12. The predicted octanol–water partition coefficient (Wildman–Crippen LogP) is 3.35. The van der Waals surface area contributed by atoms with Gasteiger partial charge in [-0.05, 0) is 28.5 Å². The van der Waals surface area contributed by atoms with Gasteiger partial charge >= 0.3 is 5.69 Å². The minimum absolute atomic E-state index is 0.0632. The van der Waals surface area contributed by atoms with Crippen molar-refractivity contribution in [2.45, 2.75) is 6.54 Å². The minimum Gasteiger partial charge on any atom is -0.507 e. The monoisotopic (exact) mass is 416 g/mol. The first-order chi connectivity index (χ1) is 15.0. The number of fused-ring (bicyclic) bond motifs is 1. The predicted molar refractivity (Wildman–Crippen MR) is 114 cm³/mol. The third-order valence-electron chi connectivity index (χ3n) is 4.68. The molecule has 3 N–H and O–H groups in total. The SMILES string of the molecule is O=C(N/N=C/c1c(O)ccc2ccccc12)c1ccn(Cc2ccc([N+](=O)O)cc2)n1. The van der Waals surface area contributed by atoms with Gasteiger partial charge in [0.15, 0.2) is 5.69 Å². The Balaban J connectivity index is 1.43. The van der Waals surface area contributed by atoms with Crippen molar-refractivity contribution in [2.24, 2.45) is 5.10 Å². The largest absolute Gasteiger partial charge is 0.507 e. The number of hydrogen-bond acceptors (Lipinski definition) is 5. The van der Waals surface area contributed by atoms with Crippen LogP contribution in [0.25, 0.3) is 10.8 Å².